The fourth-order valence-electron chi connectivity index (χ4n) is 2.63. The average Bonchev–Trinajstić information content (AvgIpc) is 3.38. The topological polar surface area (TPSA) is 47.3 Å². The van der Waals surface area contributed by atoms with Crippen molar-refractivity contribution in [2.45, 2.75) is 39.3 Å². The molecule has 0 N–H and O–H groups in total. The van der Waals surface area contributed by atoms with Crippen LogP contribution in [0.4, 0.5) is 4.39 Å². The number of carbonyl (C=O) groups excluding carboxylic acids is 1. The lowest BCUT2D eigenvalue weighted by atomic mass is 10.2. The highest BCUT2D eigenvalue weighted by atomic mass is 19.1. The number of nitrogens with zero attached hydrogens (tertiary/aromatic N) is 3. The molecule has 0 radical (unpaired) electrons. The Morgan fingerprint density at radius 3 is 2.57 bits per heavy atom. The van der Waals surface area contributed by atoms with Crippen molar-refractivity contribution in [1.82, 2.24) is 9.80 Å². The minimum absolute atomic E-state index is 0.0589. The lowest BCUT2D eigenvalue weighted by molar-refractivity contribution is -0.132. The van der Waals surface area contributed by atoms with Gasteiger partial charge in [-0.1, -0.05) is 12.1 Å². The maximum Gasteiger partial charge on any atom is 0.236 e. The summed E-state index contributed by atoms with van der Waals surface area (Å²) in [5.41, 5.74) is 1.01. The van der Waals surface area contributed by atoms with Gasteiger partial charge in [-0.2, -0.15) is 5.26 Å². The van der Waals surface area contributed by atoms with Crippen LogP contribution in [0.3, 0.4) is 0 Å². The van der Waals surface area contributed by atoms with E-state index < -0.39 is 0 Å². The molecule has 1 aliphatic rings. The SMILES string of the molecule is CCN(CC(C)C#N)C(=O)CN(Cc1ccc(F)cc1)C1CC1. The first-order valence-electron chi connectivity index (χ1n) is 8.19. The van der Waals surface area contributed by atoms with Crippen molar-refractivity contribution in [2.75, 3.05) is 19.6 Å². The van der Waals surface area contributed by atoms with Gasteiger partial charge in [0, 0.05) is 25.7 Å². The normalized spacial score (nSPS) is 15.3. The Morgan fingerprint density at radius 1 is 1.39 bits per heavy atom. The van der Waals surface area contributed by atoms with Crippen LogP contribution >= 0.6 is 0 Å². The molecule has 0 aromatic heterocycles. The maximum absolute atomic E-state index is 13.0. The monoisotopic (exact) mass is 317 g/mol. The maximum atomic E-state index is 13.0. The van der Waals surface area contributed by atoms with Crippen molar-refractivity contribution in [1.29, 1.82) is 5.26 Å². The molecule has 4 nitrogen and oxygen atoms in total. The summed E-state index contributed by atoms with van der Waals surface area (Å²) in [4.78, 5) is 16.4. The standard InChI is InChI=1S/C18H24FN3O/c1-3-21(11-14(2)10-20)18(23)13-22(17-8-9-17)12-15-4-6-16(19)7-5-15/h4-7,14,17H,3,8-9,11-13H2,1-2H3. The smallest absolute Gasteiger partial charge is 0.236 e. The van der Waals surface area contributed by atoms with Gasteiger partial charge in [0.2, 0.25) is 5.91 Å². The third kappa shape index (κ3) is 5.33. The van der Waals surface area contributed by atoms with E-state index in [2.05, 4.69) is 11.0 Å². The van der Waals surface area contributed by atoms with Gasteiger partial charge in [-0.3, -0.25) is 9.69 Å². The summed E-state index contributed by atoms with van der Waals surface area (Å²) in [5, 5.41) is 8.93. The van der Waals surface area contributed by atoms with Crippen LogP contribution in [0, 0.1) is 23.1 Å². The highest BCUT2D eigenvalue weighted by molar-refractivity contribution is 5.78. The van der Waals surface area contributed by atoms with Gasteiger partial charge in [0.25, 0.3) is 0 Å². The minimum Gasteiger partial charge on any atom is -0.341 e. The molecule has 1 aromatic rings. The van der Waals surface area contributed by atoms with Crippen molar-refractivity contribution in [3.05, 3.63) is 35.6 Å². The highest BCUT2D eigenvalue weighted by Gasteiger charge is 2.31. The molecule has 1 saturated carbocycles. The van der Waals surface area contributed by atoms with Crippen LogP contribution in [0.25, 0.3) is 0 Å². The summed E-state index contributed by atoms with van der Waals surface area (Å²) in [6, 6.07) is 9.06. The van der Waals surface area contributed by atoms with Gasteiger partial charge in [-0.05, 0) is 44.4 Å². The van der Waals surface area contributed by atoms with E-state index in [1.165, 1.54) is 12.1 Å². The van der Waals surface area contributed by atoms with Crippen LogP contribution in [-0.2, 0) is 11.3 Å². The van der Waals surface area contributed by atoms with Gasteiger partial charge in [0.1, 0.15) is 5.82 Å². The first kappa shape index (κ1) is 17.4. The zero-order valence-electron chi connectivity index (χ0n) is 13.8. The van der Waals surface area contributed by atoms with Gasteiger partial charge in [0.15, 0.2) is 0 Å². The number of hydrogen-bond donors (Lipinski definition) is 0. The van der Waals surface area contributed by atoms with Crippen LogP contribution in [0.2, 0.25) is 0 Å². The van der Waals surface area contributed by atoms with E-state index in [4.69, 9.17) is 5.26 Å². The minimum atomic E-state index is -0.245. The van der Waals surface area contributed by atoms with E-state index in [9.17, 15) is 9.18 Å². The van der Waals surface area contributed by atoms with E-state index in [1.54, 1.807) is 17.0 Å². The van der Waals surface area contributed by atoms with Gasteiger partial charge in [-0.25, -0.2) is 4.39 Å². The van der Waals surface area contributed by atoms with Gasteiger partial charge >= 0.3 is 0 Å². The van der Waals surface area contributed by atoms with E-state index in [-0.39, 0.29) is 17.6 Å². The molecule has 1 aliphatic carbocycles. The number of hydrogen-bond acceptors (Lipinski definition) is 3. The zero-order valence-corrected chi connectivity index (χ0v) is 13.8. The van der Waals surface area contributed by atoms with E-state index >= 15 is 0 Å². The number of rotatable bonds is 8. The molecule has 0 bridgehead atoms. The van der Waals surface area contributed by atoms with E-state index in [1.807, 2.05) is 13.8 Å². The number of benzene rings is 1. The number of carbonyl (C=O) groups is 1. The average molecular weight is 317 g/mol. The highest BCUT2D eigenvalue weighted by Crippen LogP contribution is 2.28. The van der Waals surface area contributed by atoms with Gasteiger partial charge < -0.3 is 4.90 Å². The summed E-state index contributed by atoms with van der Waals surface area (Å²) >= 11 is 0. The van der Waals surface area contributed by atoms with Crippen LogP contribution in [0.5, 0.6) is 0 Å². The Labute approximate surface area is 137 Å². The summed E-state index contributed by atoms with van der Waals surface area (Å²) in [7, 11) is 0. The first-order chi connectivity index (χ1) is 11.0. The molecular formula is C18H24FN3O. The van der Waals surface area contributed by atoms with Crippen LogP contribution < -0.4 is 0 Å². The molecule has 1 atom stereocenters. The van der Waals surface area contributed by atoms with Crippen molar-refractivity contribution in [2.24, 2.45) is 5.92 Å². The summed E-state index contributed by atoms with van der Waals surface area (Å²) < 4.78 is 13.0. The predicted octanol–water partition coefficient (Wildman–Crippen LogP) is 2.80. The molecule has 1 fully saturated rings. The van der Waals surface area contributed by atoms with Crippen molar-refractivity contribution in [3.63, 3.8) is 0 Å². The zero-order chi connectivity index (χ0) is 16.8. The Hall–Kier alpha value is -1.93. The molecule has 0 heterocycles. The van der Waals surface area contributed by atoms with Crippen molar-refractivity contribution in [3.8, 4) is 6.07 Å². The fraction of sp³-hybridized carbons (Fsp3) is 0.556. The molecule has 124 valence electrons. The first-order valence-corrected chi connectivity index (χ1v) is 8.19. The molecule has 2 rings (SSSR count). The van der Waals surface area contributed by atoms with Gasteiger partial charge in [0.05, 0.1) is 18.5 Å². The molecule has 23 heavy (non-hydrogen) atoms. The molecule has 5 heteroatoms. The Balaban J connectivity index is 1.97. The largest absolute Gasteiger partial charge is 0.341 e. The van der Waals surface area contributed by atoms with Crippen molar-refractivity contribution >= 4 is 5.91 Å². The third-order valence-electron chi connectivity index (χ3n) is 4.15. The van der Waals surface area contributed by atoms with Gasteiger partial charge in [-0.15, -0.1) is 0 Å². The van der Waals surface area contributed by atoms with Crippen molar-refractivity contribution < 1.29 is 9.18 Å². The quantitative estimate of drug-likeness (QED) is 0.741. The van der Waals surface area contributed by atoms with Crippen LogP contribution in [-0.4, -0.2) is 41.4 Å². The summed E-state index contributed by atoms with van der Waals surface area (Å²) in [6.07, 6.45) is 2.21. The number of halogens is 1. The molecule has 0 aliphatic heterocycles. The molecule has 1 unspecified atom stereocenters. The Bertz CT molecular complexity index is 563. The lowest BCUT2D eigenvalue weighted by Crippen LogP contribution is -2.42. The predicted molar refractivity (Wildman–Crippen MR) is 86.9 cm³/mol. The third-order valence-corrected chi connectivity index (χ3v) is 4.15. The van der Waals surface area contributed by atoms with E-state index in [0.717, 1.165) is 18.4 Å². The molecular weight excluding hydrogens is 293 g/mol. The second-order valence-electron chi connectivity index (χ2n) is 6.23. The molecule has 1 aromatic carbocycles. The second kappa shape index (κ2) is 8.07. The van der Waals surface area contributed by atoms with Crippen LogP contribution in [0.1, 0.15) is 32.3 Å². The Morgan fingerprint density at radius 2 is 2.04 bits per heavy atom. The van der Waals surface area contributed by atoms with E-state index in [0.29, 0.717) is 32.2 Å². The fourth-order valence-corrected chi connectivity index (χ4v) is 2.63. The number of nitriles is 1. The number of amides is 1. The molecule has 0 spiro atoms. The number of likely N-dealkylation sites (N-methyl/N-ethyl adjacent to an activating group) is 1. The van der Waals surface area contributed by atoms with Crippen LogP contribution in [0.15, 0.2) is 24.3 Å². The second-order valence-corrected chi connectivity index (χ2v) is 6.23. The lowest BCUT2D eigenvalue weighted by Gasteiger charge is -2.27. The molecule has 1 amide bonds. The Kier molecular flexibility index (Phi) is 6.12. The summed E-state index contributed by atoms with van der Waals surface area (Å²) in [5.74, 6) is -0.348. The molecule has 0 saturated heterocycles. The summed E-state index contributed by atoms with van der Waals surface area (Å²) in [6.45, 7) is 5.85.